The minimum atomic E-state index is -1.59. The number of rotatable bonds is 3. The topological polar surface area (TPSA) is 103 Å². The Hall–Kier alpha value is -0.970. The van der Waals surface area contributed by atoms with Gasteiger partial charge in [0.05, 0.1) is 0 Å². The Morgan fingerprint density at radius 1 is 1.06 bits per heavy atom. The number of hydrogen-bond donors (Lipinski definition) is 0. The molecule has 0 amide bonds. The van der Waals surface area contributed by atoms with E-state index in [1.54, 1.807) is 0 Å². The van der Waals surface area contributed by atoms with Gasteiger partial charge in [0, 0.05) is 20.8 Å². The van der Waals surface area contributed by atoms with Crippen molar-refractivity contribution in [3.05, 3.63) is 0 Å². The maximum absolute atomic E-state index is 10.4. The van der Waals surface area contributed by atoms with E-state index in [0.29, 0.717) is 0 Å². The number of carbonyl (C=O) groups is 3. The molecule has 2 radical (unpaired) electrons. The molecule has 0 aliphatic carbocycles. The maximum atomic E-state index is 10.4. The molecule has 0 atom stereocenters. The summed E-state index contributed by atoms with van der Waals surface area (Å²) in [4.78, 5) is 31.2. The van der Waals surface area contributed by atoms with E-state index in [1.165, 1.54) is 5.97 Å². The quantitative estimate of drug-likeness (QED) is 0.476. The van der Waals surface area contributed by atoms with Gasteiger partial charge < -0.3 is 15.4 Å². The zero-order valence-corrected chi connectivity index (χ0v) is 12.1. The molecule has 7 nitrogen and oxygen atoms in total. The average Bonchev–Trinajstić information content (AvgIpc) is 2.00. The van der Waals surface area contributed by atoms with Gasteiger partial charge >= 0.3 is 36.9 Å². The van der Waals surface area contributed by atoms with Crippen LogP contribution < -0.4 is 29.6 Å². The molecule has 0 bridgehead atoms. The van der Waals surface area contributed by atoms with Crippen LogP contribution in [0, 0.1) is 11.2 Å². The molecule has 0 N–H and O–H groups in total. The second-order valence-corrected chi connectivity index (χ2v) is 2.25. The molecule has 0 saturated carbocycles. The Bertz CT molecular complexity index is 273. The van der Waals surface area contributed by atoms with Crippen LogP contribution in [-0.2, 0) is 28.3 Å². The molecule has 0 saturated heterocycles. The molecule has 0 aromatic rings. The van der Waals surface area contributed by atoms with E-state index in [1.807, 2.05) is 0 Å². The van der Waals surface area contributed by atoms with Crippen LogP contribution in [0.2, 0.25) is 0 Å². The van der Waals surface area contributed by atoms with Gasteiger partial charge in [-0.1, -0.05) is 0 Å². The summed E-state index contributed by atoms with van der Waals surface area (Å²) in [5.41, 5.74) is 0. The molecule has 0 fully saturated rings. The number of nitriles is 1. The Morgan fingerprint density at radius 3 is 1.35 bits per heavy atom. The fourth-order valence-corrected chi connectivity index (χ4v) is 0.479. The second kappa shape index (κ2) is 13.1. The average molecular weight is 249 g/mol. The van der Waals surface area contributed by atoms with Crippen molar-refractivity contribution < 1.29 is 59.3 Å². The van der Waals surface area contributed by atoms with Gasteiger partial charge in [-0.05, 0) is 5.97 Å². The molecule has 0 spiro atoms. The van der Waals surface area contributed by atoms with E-state index in [2.05, 4.69) is 21.8 Å². The first-order chi connectivity index (χ1) is 7.33. The van der Waals surface area contributed by atoms with Crippen LogP contribution in [0.3, 0.4) is 0 Å². The van der Waals surface area contributed by atoms with Gasteiger partial charge in [-0.15, -0.1) is 0 Å². The van der Waals surface area contributed by atoms with Gasteiger partial charge in [-0.25, -0.2) is 5.26 Å². The van der Waals surface area contributed by atoms with Crippen LogP contribution in [0.5, 0.6) is 0 Å². The van der Waals surface area contributed by atoms with Crippen molar-refractivity contribution in [2.45, 2.75) is 20.8 Å². The van der Waals surface area contributed by atoms with Crippen LogP contribution in [0.25, 0.3) is 0 Å². The molecule has 0 aromatic heterocycles. The van der Waals surface area contributed by atoms with E-state index in [9.17, 15) is 14.4 Å². The SMILES string of the molecule is CC(=O)OB(OC(C)=O)OC(C)=O.[B]C#N.[H-].[Na+]. The van der Waals surface area contributed by atoms with Crippen molar-refractivity contribution in [1.29, 1.82) is 5.26 Å². The Labute approximate surface area is 124 Å². The zero-order valence-electron chi connectivity index (χ0n) is 11.1. The molecule has 0 rings (SSSR count). The summed E-state index contributed by atoms with van der Waals surface area (Å²) in [6, 6.07) is 0. The van der Waals surface area contributed by atoms with Crippen molar-refractivity contribution in [2.75, 3.05) is 0 Å². The van der Waals surface area contributed by atoms with Crippen molar-refractivity contribution in [3.8, 4) is 5.97 Å². The van der Waals surface area contributed by atoms with Crippen molar-refractivity contribution >= 4 is 33.1 Å². The van der Waals surface area contributed by atoms with Crippen molar-refractivity contribution in [3.63, 3.8) is 0 Å². The van der Waals surface area contributed by atoms with E-state index in [-0.39, 0.29) is 31.0 Å². The molecule has 0 aromatic carbocycles. The summed E-state index contributed by atoms with van der Waals surface area (Å²) in [5, 5.41) is 7.10. The van der Waals surface area contributed by atoms with E-state index in [0.717, 1.165) is 20.8 Å². The summed E-state index contributed by atoms with van der Waals surface area (Å²) >= 11 is 0. The standard InChI is InChI=1S/C6H9BO6.CBN.Na.H/c1-4(8)11-7(12-5(2)9)13-6(3)10;2-1-3;;/h1-3H3;;;/q;;+1;-1. The molecule has 17 heavy (non-hydrogen) atoms. The summed E-state index contributed by atoms with van der Waals surface area (Å²) in [6.45, 7) is 3.29. The third-order valence-electron chi connectivity index (χ3n) is 0.787. The molecular formula is C7H10B2NNaO6. The van der Waals surface area contributed by atoms with Crippen LogP contribution in [0.15, 0.2) is 0 Å². The molecule has 0 aliphatic rings. The molecule has 0 aliphatic heterocycles. The predicted octanol–water partition coefficient (Wildman–Crippen LogP) is -3.59. The minimum Gasteiger partial charge on any atom is -1.00 e. The second-order valence-electron chi connectivity index (χ2n) is 2.25. The summed E-state index contributed by atoms with van der Waals surface area (Å²) in [6.07, 6.45) is 0. The largest absolute Gasteiger partial charge is 1.00 e. The van der Waals surface area contributed by atoms with Crippen molar-refractivity contribution in [1.82, 2.24) is 0 Å². The Kier molecular flexibility index (Phi) is 16.4. The first-order valence-corrected chi connectivity index (χ1v) is 3.94. The normalized spacial score (nSPS) is 6.94. The van der Waals surface area contributed by atoms with Crippen LogP contribution in [0.4, 0.5) is 0 Å². The van der Waals surface area contributed by atoms with Crippen molar-refractivity contribution in [2.24, 2.45) is 0 Å². The Morgan fingerprint density at radius 2 is 1.24 bits per heavy atom. The molecule has 10 heteroatoms. The van der Waals surface area contributed by atoms with Crippen LogP contribution >= 0.6 is 0 Å². The number of carbonyl (C=O) groups excluding carboxylic acids is 3. The monoisotopic (exact) mass is 249 g/mol. The third-order valence-corrected chi connectivity index (χ3v) is 0.787. The fraction of sp³-hybridized carbons (Fsp3) is 0.429. The van der Waals surface area contributed by atoms with Gasteiger partial charge in [0.15, 0.2) is 0 Å². The van der Waals surface area contributed by atoms with Crippen LogP contribution in [-0.4, -0.2) is 33.1 Å². The van der Waals surface area contributed by atoms with Gasteiger partial charge in [-0.3, -0.25) is 14.4 Å². The van der Waals surface area contributed by atoms with E-state index >= 15 is 0 Å². The molecule has 86 valence electrons. The smallest absolute Gasteiger partial charge is 1.00 e. The van der Waals surface area contributed by atoms with Gasteiger partial charge in [0.25, 0.3) is 17.9 Å². The van der Waals surface area contributed by atoms with Gasteiger partial charge in [0.1, 0.15) is 0 Å². The van der Waals surface area contributed by atoms with Gasteiger partial charge in [-0.2, -0.15) is 0 Å². The zero-order chi connectivity index (χ0) is 13.1. The first-order valence-electron chi connectivity index (χ1n) is 3.94. The molecule has 0 heterocycles. The first kappa shape index (κ1) is 21.3. The molecule has 0 unspecified atom stereocenters. The number of nitrogens with zero attached hydrogens (tertiary/aromatic N) is 1. The van der Waals surface area contributed by atoms with Gasteiger partial charge in [0.2, 0.25) is 7.85 Å². The molecular weight excluding hydrogens is 239 g/mol. The Balaban J connectivity index is -0.000000177. The maximum Gasteiger partial charge on any atom is 1.00 e. The number of hydrogen-bond acceptors (Lipinski definition) is 7. The summed E-state index contributed by atoms with van der Waals surface area (Å²) < 4.78 is 13.0. The van der Waals surface area contributed by atoms with Crippen LogP contribution in [0.1, 0.15) is 22.2 Å². The van der Waals surface area contributed by atoms with E-state index < -0.39 is 25.2 Å². The van der Waals surface area contributed by atoms with E-state index in [4.69, 9.17) is 5.26 Å². The summed E-state index contributed by atoms with van der Waals surface area (Å²) in [7, 11) is 2.56. The minimum absolute atomic E-state index is 0. The summed E-state index contributed by atoms with van der Waals surface area (Å²) in [5.74, 6) is -0.896. The third kappa shape index (κ3) is 21.0. The fourth-order valence-electron chi connectivity index (χ4n) is 0.479. The predicted molar refractivity (Wildman–Crippen MR) is 53.5 cm³/mol.